The molecule has 0 radical (unpaired) electrons. The van der Waals surface area contributed by atoms with E-state index in [1.807, 2.05) is 91.0 Å². The minimum absolute atomic E-state index is 0.133. The van der Waals surface area contributed by atoms with Gasteiger partial charge in [-0.25, -0.2) is 0 Å². The van der Waals surface area contributed by atoms with E-state index in [9.17, 15) is 0 Å². The third kappa shape index (κ3) is 16.9. The van der Waals surface area contributed by atoms with Gasteiger partial charge in [0.15, 0.2) is 31.2 Å². The molecule has 426 valence electrons. The number of thioether (sulfide) groups is 1. The molecule has 10 atom stereocenters. The SMILES string of the molecule is CC(C)(C)[Si](C)(C)O[C@@H]1[C@H](O[Si](C)(C)C(C)(C)C)[C@@H](O[C@H]2[C@H](OCc3ccccc3)[C@@H](OCc3ccccc3)[C@H](Sc3ccccc3)O[C@@H]2COCc2ccccc2)O[C@H](COCc2ccccc2)[C@H]1O[Si](C)(C)C(C)(C)C. The van der Waals surface area contributed by atoms with Gasteiger partial charge in [0.05, 0.1) is 39.6 Å². The quantitative estimate of drug-likeness (QED) is 0.0553. The Bertz CT molecular complexity index is 2520. The first-order valence-corrected chi connectivity index (χ1v) is 37.7. The fraction of sp³-hybridized carbons (Fsp3) is 0.531. The highest BCUT2D eigenvalue weighted by Crippen LogP contribution is 2.47. The minimum atomic E-state index is -2.66. The molecule has 0 saturated carbocycles. The van der Waals surface area contributed by atoms with Crippen molar-refractivity contribution in [2.75, 3.05) is 13.2 Å². The summed E-state index contributed by atoms with van der Waals surface area (Å²) in [6.07, 6.45) is -6.42. The molecule has 0 aromatic heterocycles. The Kier molecular flexibility index (Phi) is 21.7. The maximum Gasteiger partial charge on any atom is 0.192 e. The molecular weight excluding hydrogens is 1050 g/mol. The number of benzene rings is 5. The van der Waals surface area contributed by atoms with Gasteiger partial charge in [-0.05, 0) is 88.8 Å². The van der Waals surface area contributed by atoms with Crippen LogP contribution < -0.4 is 0 Å². The highest BCUT2D eigenvalue weighted by Gasteiger charge is 2.59. The maximum absolute atomic E-state index is 7.87. The van der Waals surface area contributed by atoms with Gasteiger partial charge in [-0.15, -0.1) is 0 Å². The molecular formula is C64H92O10SSi3. The van der Waals surface area contributed by atoms with E-state index in [2.05, 4.69) is 162 Å². The summed E-state index contributed by atoms with van der Waals surface area (Å²) in [6, 6.07) is 51.4. The zero-order valence-electron chi connectivity index (χ0n) is 49.4. The molecule has 2 aliphatic rings. The molecule has 0 spiro atoms. The average molecular weight is 1140 g/mol. The Balaban J connectivity index is 1.40. The molecule has 2 heterocycles. The second-order valence-corrected chi connectivity index (χ2v) is 41.1. The van der Waals surface area contributed by atoms with Gasteiger partial charge >= 0.3 is 0 Å². The van der Waals surface area contributed by atoms with Gasteiger partial charge in [-0.2, -0.15) is 0 Å². The first-order chi connectivity index (χ1) is 36.8. The van der Waals surface area contributed by atoms with Crippen molar-refractivity contribution < 1.29 is 46.4 Å². The van der Waals surface area contributed by atoms with Gasteiger partial charge in [0.25, 0.3) is 0 Å². The summed E-state index contributed by atoms with van der Waals surface area (Å²) in [5.74, 6) is 0. The molecule has 14 heteroatoms. The molecule has 2 fully saturated rings. The van der Waals surface area contributed by atoms with Crippen LogP contribution in [0.15, 0.2) is 157 Å². The molecule has 7 rings (SSSR count). The molecule has 2 saturated heterocycles. The average Bonchev–Trinajstić information content (AvgIpc) is 3.56. The topological polar surface area (TPSA) is 92.3 Å². The molecule has 5 aromatic rings. The van der Waals surface area contributed by atoms with Gasteiger partial charge in [-0.1, -0.05) is 214 Å². The molecule has 0 N–H and O–H groups in total. The first kappa shape index (κ1) is 62.3. The maximum atomic E-state index is 7.87. The van der Waals surface area contributed by atoms with E-state index in [1.54, 1.807) is 11.8 Å². The predicted octanol–water partition coefficient (Wildman–Crippen LogP) is 15.4. The van der Waals surface area contributed by atoms with Crippen LogP contribution in [0.1, 0.15) is 84.6 Å². The predicted molar refractivity (Wildman–Crippen MR) is 323 cm³/mol. The van der Waals surface area contributed by atoms with Gasteiger partial charge in [-0.3, -0.25) is 0 Å². The van der Waals surface area contributed by atoms with E-state index < -0.39 is 85.5 Å². The Hall–Kier alpha value is -3.30. The van der Waals surface area contributed by atoms with E-state index in [0.29, 0.717) is 26.4 Å². The highest BCUT2D eigenvalue weighted by molar-refractivity contribution is 7.99. The fourth-order valence-corrected chi connectivity index (χ4v) is 13.8. The molecule has 2 aliphatic heterocycles. The summed E-state index contributed by atoms with van der Waals surface area (Å²) in [5, 5.41) is -0.481. The Labute approximate surface area is 476 Å². The van der Waals surface area contributed by atoms with E-state index >= 15 is 0 Å². The van der Waals surface area contributed by atoms with Crippen LogP contribution in [0.2, 0.25) is 54.4 Å². The monoisotopic (exact) mass is 1140 g/mol. The summed E-state index contributed by atoms with van der Waals surface area (Å²) in [6.45, 7) is 36.1. The number of hydrogen-bond acceptors (Lipinski definition) is 11. The normalized spacial score (nSPS) is 24.8. The molecule has 0 unspecified atom stereocenters. The lowest BCUT2D eigenvalue weighted by Gasteiger charge is -2.55. The second-order valence-electron chi connectivity index (χ2n) is 25.7. The lowest BCUT2D eigenvalue weighted by molar-refractivity contribution is -0.340. The lowest BCUT2D eigenvalue weighted by Crippen LogP contribution is -2.70. The summed E-state index contributed by atoms with van der Waals surface area (Å²) >= 11 is 1.62. The standard InChI is InChI=1S/C64H92O10SSi3/c1-62(2,3)76(10,11)72-55-53(46-66-42-48-33-23-17-24-34-48)69-60(58(74-78(14,15)64(7,8)9)57(55)73-77(12,13)63(4,5)6)71-54-52(45-65-41-47-31-21-16-22-32-47)70-61(75-51-39-29-20-30-40-51)59(68-44-50-37-27-19-28-38-50)56(54)67-43-49-35-25-18-26-36-49/h16-40,52-61H,41-46H2,1-15H3/t52-,53-,54-,55-,56+,57+,58+,59-,60-,61+/m1/s1. The molecule has 78 heavy (non-hydrogen) atoms. The van der Waals surface area contributed by atoms with Crippen molar-refractivity contribution in [1.82, 2.24) is 0 Å². The van der Waals surface area contributed by atoms with E-state index in [1.165, 1.54) is 0 Å². The third-order valence-electron chi connectivity index (χ3n) is 16.5. The van der Waals surface area contributed by atoms with E-state index in [4.69, 9.17) is 46.4 Å². The smallest absolute Gasteiger partial charge is 0.192 e. The van der Waals surface area contributed by atoms with Gasteiger partial charge in [0.2, 0.25) is 0 Å². The van der Waals surface area contributed by atoms with Gasteiger partial charge < -0.3 is 46.4 Å². The van der Waals surface area contributed by atoms with Crippen molar-refractivity contribution in [2.45, 2.75) is 209 Å². The fourth-order valence-electron chi connectivity index (χ4n) is 8.77. The van der Waals surface area contributed by atoms with Crippen LogP contribution in [0.5, 0.6) is 0 Å². The number of hydrogen-bond donors (Lipinski definition) is 0. The van der Waals surface area contributed by atoms with Crippen molar-refractivity contribution >= 4 is 36.7 Å². The number of ether oxygens (including phenoxy) is 7. The lowest BCUT2D eigenvalue weighted by atomic mass is 9.97. The van der Waals surface area contributed by atoms with Gasteiger partial charge in [0, 0.05) is 4.90 Å². The van der Waals surface area contributed by atoms with Crippen molar-refractivity contribution in [3.63, 3.8) is 0 Å². The van der Waals surface area contributed by atoms with E-state index in [0.717, 1.165) is 27.1 Å². The molecule has 10 nitrogen and oxygen atoms in total. The summed E-state index contributed by atoms with van der Waals surface area (Å²) < 4.78 is 74.3. The van der Waals surface area contributed by atoms with Gasteiger partial charge in [0.1, 0.15) is 54.3 Å². The first-order valence-electron chi connectivity index (χ1n) is 28.1. The zero-order chi connectivity index (χ0) is 56.4. The van der Waals surface area contributed by atoms with Crippen molar-refractivity contribution in [2.24, 2.45) is 0 Å². The molecule has 0 bridgehead atoms. The van der Waals surface area contributed by atoms with Crippen LogP contribution in [0, 0.1) is 0 Å². The third-order valence-corrected chi connectivity index (χ3v) is 31.1. The molecule has 0 aliphatic carbocycles. The summed E-state index contributed by atoms with van der Waals surface area (Å²) in [5.41, 5.74) is 3.63. The molecule has 0 amide bonds. The van der Waals surface area contributed by atoms with Crippen LogP contribution in [0.3, 0.4) is 0 Å². The largest absolute Gasteiger partial charge is 0.408 e. The van der Waals surface area contributed by atoms with Crippen molar-refractivity contribution in [3.05, 3.63) is 174 Å². The minimum Gasteiger partial charge on any atom is -0.408 e. The Morgan fingerprint density at radius 3 is 1.14 bits per heavy atom. The van der Waals surface area contributed by atoms with Crippen LogP contribution in [-0.2, 0) is 72.9 Å². The van der Waals surface area contributed by atoms with Crippen LogP contribution in [0.25, 0.3) is 0 Å². The van der Waals surface area contributed by atoms with E-state index in [-0.39, 0.29) is 28.3 Å². The highest BCUT2D eigenvalue weighted by atomic mass is 32.2. The van der Waals surface area contributed by atoms with Crippen molar-refractivity contribution in [1.29, 1.82) is 0 Å². The Morgan fingerprint density at radius 2 is 0.731 bits per heavy atom. The Morgan fingerprint density at radius 1 is 0.385 bits per heavy atom. The second kappa shape index (κ2) is 27.2. The van der Waals surface area contributed by atoms with Crippen molar-refractivity contribution in [3.8, 4) is 0 Å². The zero-order valence-corrected chi connectivity index (χ0v) is 53.3. The summed E-state index contributed by atoms with van der Waals surface area (Å²) in [4.78, 5) is 1.04. The molecule has 5 aromatic carbocycles. The van der Waals surface area contributed by atoms with Crippen LogP contribution in [-0.4, -0.2) is 98.7 Å². The number of rotatable bonds is 24. The summed E-state index contributed by atoms with van der Waals surface area (Å²) in [7, 11) is -7.82. The van der Waals surface area contributed by atoms with Crippen LogP contribution in [0.4, 0.5) is 0 Å². The van der Waals surface area contributed by atoms with Crippen LogP contribution >= 0.6 is 11.8 Å².